The van der Waals surface area contributed by atoms with Crippen molar-refractivity contribution in [2.45, 2.75) is 392 Å². The normalized spacial score (nSPS) is 12.5. The second-order valence-electron chi connectivity index (χ2n) is 23.2. The highest BCUT2D eigenvalue weighted by Gasteiger charge is 2.18. The number of hydrogen-bond acceptors (Lipinski definition) is 5. The van der Waals surface area contributed by atoms with Crippen LogP contribution in [-0.2, 0) is 14.3 Å². The average Bonchev–Trinajstić information content (AvgIpc) is 3.39. The van der Waals surface area contributed by atoms with Gasteiger partial charge in [-0.2, -0.15) is 0 Å². The summed E-state index contributed by atoms with van der Waals surface area (Å²) in [7, 11) is 0. The molecule has 6 heteroatoms. The summed E-state index contributed by atoms with van der Waals surface area (Å²) >= 11 is 0. The molecule has 434 valence electrons. The number of ether oxygens (including phenoxy) is 1. The fourth-order valence-electron chi connectivity index (χ4n) is 10.7. The van der Waals surface area contributed by atoms with Crippen LogP contribution in [0.4, 0.5) is 0 Å². The van der Waals surface area contributed by atoms with Gasteiger partial charge < -0.3 is 20.3 Å². The Morgan fingerprint density at radius 2 is 0.630 bits per heavy atom. The number of nitrogens with one attached hydrogen (secondary N) is 1. The minimum absolute atomic E-state index is 0.0104. The van der Waals surface area contributed by atoms with Crippen LogP contribution in [0.2, 0.25) is 0 Å². The van der Waals surface area contributed by atoms with E-state index in [-0.39, 0.29) is 18.5 Å². The van der Waals surface area contributed by atoms with Gasteiger partial charge in [0.15, 0.2) is 0 Å². The summed E-state index contributed by atoms with van der Waals surface area (Å²) in [5, 5.41) is 23.2. The zero-order valence-corrected chi connectivity index (χ0v) is 49.6. The van der Waals surface area contributed by atoms with E-state index in [9.17, 15) is 19.8 Å². The predicted molar refractivity (Wildman–Crippen MR) is 320 cm³/mol. The van der Waals surface area contributed by atoms with Gasteiger partial charge in [-0.15, -0.1) is 0 Å². The van der Waals surface area contributed by atoms with E-state index in [1.807, 2.05) is 6.08 Å². The van der Waals surface area contributed by atoms with Gasteiger partial charge in [0.25, 0.3) is 0 Å². The van der Waals surface area contributed by atoms with Gasteiger partial charge in [-0.05, 0) is 32.1 Å². The third kappa shape index (κ3) is 59.7. The van der Waals surface area contributed by atoms with Crippen LogP contribution in [0.1, 0.15) is 380 Å². The van der Waals surface area contributed by atoms with E-state index < -0.39 is 12.1 Å². The quantitative estimate of drug-likeness (QED) is 0.0320. The van der Waals surface area contributed by atoms with E-state index in [2.05, 4.69) is 19.2 Å². The molecule has 0 saturated heterocycles. The number of rotatable bonds is 63. The molecule has 0 radical (unpaired) electrons. The van der Waals surface area contributed by atoms with Crippen molar-refractivity contribution in [1.29, 1.82) is 0 Å². The van der Waals surface area contributed by atoms with Crippen molar-refractivity contribution >= 4 is 11.9 Å². The van der Waals surface area contributed by atoms with Gasteiger partial charge in [-0.25, -0.2) is 0 Å². The van der Waals surface area contributed by atoms with Gasteiger partial charge in [-0.1, -0.05) is 347 Å². The fourth-order valence-corrected chi connectivity index (χ4v) is 10.7. The molecule has 0 bridgehead atoms. The van der Waals surface area contributed by atoms with Crippen molar-refractivity contribution < 1.29 is 24.5 Å². The molecule has 2 atom stereocenters. The number of allylic oxidation sites excluding steroid dienone is 1. The summed E-state index contributed by atoms with van der Waals surface area (Å²) in [6.45, 7) is 4.94. The summed E-state index contributed by atoms with van der Waals surface area (Å²) in [4.78, 5) is 24.6. The van der Waals surface area contributed by atoms with E-state index >= 15 is 0 Å². The molecule has 0 spiro atoms. The Bertz CT molecular complexity index is 1100. The molecule has 0 aliphatic rings. The topological polar surface area (TPSA) is 95.9 Å². The maximum absolute atomic E-state index is 12.5. The minimum atomic E-state index is -0.848. The number of hydrogen-bond donors (Lipinski definition) is 3. The van der Waals surface area contributed by atoms with Gasteiger partial charge in [0.1, 0.15) is 0 Å². The van der Waals surface area contributed by atoms with E-state index in [1.54, 1.807) is 6.08 Å². The van der Waals surface area contributed by atoms with Gasteiger partial charge in [-0.3, -0.25) is 9.59 Å². The monoisotopic (exact) mass is 1030 g/mol. The summed E-state index contributed by atoms with van der Waals surface area (Å²) in [6, 6.07) is -0.632. The number of aliphatic hydroxyl groups excluding tert-OH is 2. The van der Waals surface area contributed by atoms with E-state index in [1.165, 1.54) is 315 Å². The first-order valence-corrected chi connectivity index (χ1v) is 33.5. The molecule has 0 aliphatic heterocycles. The first-order chi connectivity index (χ1) is 36.0. The van der Waals surface area contributed by atoms with Crippen LogP contribution < -0.4 is 5.32 Å². The molecule has 73 heavy (non-hydrogen) atoms. The summed E-state index contributed by atoms with van der Waals surface area (Å²) < 4.78 is 5.50. The second-order valence-corrected chi connectivity index (χ2v) is 23.2. The van der Waals surface area contributed by atoms with Crippen LogP contribution in [0, 0.1) is 0 Å². The number of carbonyl (C=O) groups excluding carboxylic acids is 2. The molecule has 0 aliphatic carbocycles. The predicted octanol–water partition coefficient (Wildman–Crippen LogP) is 21.2. The lowest BCUT2D eigenvalue weighted by molar-refractivity contribution is -0.143. The number of amides is 1. The lowest BCUT2D eigenvalue weighted by atomic mass is 10.0. The van der Waals surface area contributed by atoms with Gasteiger partial charge in [0, 0.05) is 12.8 Å². The lowest BCUT2D eigenvalue weighted by Crippen LogP contribution is -2.45. The smallest absolute Gasteiger partial charge is 0.305 e. The van der Waals surface area contributed by atoms with Crippen LogP contribution in [0.5, 0.6) is 0 Å². The molecule has 0 aromatic rings. The Labute approximate surface area is 457 Å². The SMILES string of the molecule is CCCCCCCCCCCCCCCCCCCC/C=C/C(O)C(CO)NC(=O)CCCCCCCCCCCCCCCCCCCOC(=O)CCCCCCCCCCCCCCCCCCCCC. The van der Waals surface area contributed by atoms with Crippen LogP contribution >= 0.6 is 0 Å². The van der Waals surface area contributed by atoms with Crippen LogP contribution in [0.3, 0.4) is 0 Å². The maximum atomic E-state index is 12.5. The number of aliphatic hydroxyl groups is 2. The van der Waals surface area contributed by atoms with Gasteiger partial charge >= 0.3 is 5.97 Å². The van der Waals surface area contributed by atoms with Gasteiger partial charge in [0.2, 0.25) is 5.91 Å². The standard InChI is InChI=1S/C67H131NO5/c1-3-5-7-9-11-13-15-17-19-21-23-25-27-31-35-39-43-47-51-55-59-65(70)64(63-69)68-66(71)60-56-52-48-44-40-36-32-28-26-30-34-38-42-46-50-54-58-62-73-67(72)61-57-53-49-45-41-37-33-29-24-22-20-18-16-14-12-10-8-6-4-2/h55,59,64-65,69-70H,3-54,56-58,60-63H2,1-2H3,(H,68,71)/b59-55+. The number of unbranched alkanes of at least 4 members (excludes halogenated alkanes) is 52. The zero-order valence-electron chi connectivity index (χ0n) is 49.6. The third-order valence-corrected chi connectivity index (χ3v) is 15.8. The molecular weight excluding hydrogens is 899 g/mol. The Morgan fingerprint density at radius 1 is 0.370 bits per heavy atom. The molecule has 3 N–H and O–H groups in total. The Balaban J connectivity index is 3.41. The first kappa shape index (κ1) is 71.6. The van der Waals surface area contributed by atoms with Crippen molar-refractivity contribution in [2.24, 2.45) is 0 Å². The Hall–Kier alpha value is -1.40. The molecule has 2 unspecified atom stereocenters. The molecule has 1 amide bonds. The van der Waals surface area contributed by atoms with Gasteiger partial charge in [0.05, 0.1) is 25.4 Å². The second kappa shape index (κ2) is 63.1. The molecule has 0 fully saturated rings. The van der Waals surface area contributed by atoms with E-state index in [0.717, 1.165) is 38.5 Å². The summed E-state index contributed by atoms with van der Waals surface area (Å²) in [6.07, 6.45) is 76.9. The van der Waals surface area contributed by atoms with E-state index in [4.69, 9.17) is 4.74 Å². The van der Waals surface area contributed by atoms with Crippen molar-refractivity contribution in [2.75, 3.05) is 13.2 Å². The highest BCUT2D eigenvalue weighted by molar-refractivity contribution is 5.76. The third-order valence-electron chi connectivity index (χ3n) is 15.8. The maximum Gasteiger partial charge on any atom is 0.305 e. The lowest BCUT2D eigenvalue weighted by Gasteiger charge is -2.20. The molecule has 0 saturated carbocycles. The first-order valence-electron chi connectivity index (χ1n) is 33.5. The highest BCUT2D eigenvalue weighted by atomic mass is 16.5. The summed E-state index contributed by atoms with van der Waals surface area (Å²) in [5.74, 6) is -0.0586. The Kier molecular flexibility index (Phi) is 61.9. The van der Waals surface area contributed by atoms with Crippen molar-refractivity contribution in [3.05, 3.63) is 12.2 Å². The minimum Gasteiger partial charge on any atom is -0.466 e. The van der Waals surface area contributed by atoms with Crippen LogP contribution in [0.15, 0.2) is 12.2 Å². The summed E-state index contributed by atoms with van der Waals surface area (Å²) in [5.41, 5.74) is 0. The zero-order chi connectivity index (χ0) is 52.9. The van der Waals surface area contributed by atoms with Crippen molar-refractivity contribution in [1.82, 2.24) is 5.32 Å². The van der Waals surface area contributed by atoms with E-state index in [0.29, 0.717) is 19.4 Å². The van der Waals surface area contributed by atoms with Crippen LogP contribution in [-0.4, -0.2) is 47.4 Å². The molecule has 0 aromatic carbocycles. The molecule has 6 nitrogen and oxygen atoms in total. The molecular formula is C67H131NO5. The molecule has 0 aromatic heterocycles. The van der Waals surface area contributed by atoms with Crippen molar-refractivity contribution in [3.63, 3.8) is 0 Å². The highest BCUT2D eigenvalue weighted by Crippen LogP contribution is 2.19. The molecule has 0 heterocycles. The largest absolute Gasteiger partial charge is 0.466 e. The number of esters is 1. The molecule has 0 rings (SSSR count). The number of carbonyl (C=O) groups is 2. The van der Waals surface area contributed by atoms with Crippen molar-refractivity contribution in [3.8, 4) is 0 Å². The fraction of sp³-hybridized carbons (Fsp3) is 0.940. The Morgan fingerprint density at radius 3 is 0.932 bits per heavy atom. The van der Waals surface area contributed by atoms with Crippen LogP contribution in [0.25, 0.3) is 0 Å². The average molecular weight is 1030 g/mol.